The van der Waals surface area contributed by atoms with E-state index in [2.05, 4.69) is 40.8 Å². The highest BCUT2D eigenvalue weighted by molar-refractivity contribution is 7.11. The zero-order valence-electron chi connectivity index (χ0n) is 16.4. The first kappa shape index (κ1) is 18.6. The molecule has 0 spiro atoms. The van der Waals surface area contributed by atoms with Gasteiger partial charge in [-0.15, -0.1) is 11.3 Å². The molecule has 4 unspecified atom stereocenters. The number of aryl methyl sites for hydroxylation is 2. The molecule has 3 heterocycles. The Hall–Kier alpha value is -1.43. The zero-order valence-corrected chi connectivity index (χ0v) is 18.0. The number of thiazole rings is 1. The highest BCUT2D eigenvalue weighted by Crippen LogP contribution is 2.49. The summed E-state index contributed by atoms with van der Waals surface area (Å²) in [5, 5.41) is 1.91. The normalized spacial score (nSPS) is 29.3. The Kier molecular flexibility index (Phi) is 4.73. The summed E-state index contributed by atoms with van der Waals surface area (Å²) in [7, 11) is 0. The van der Waals surface area contributed by atoms with Gasteiger partial charge in [0.1, 0.15) is 0 Å². The topological polar surface area (TPSA) is 36.4 Å². The molecule has 1 aromatic heterocycles. The van der Waals surface area contributed by atoms with Crippen LogP contribution in [0.3, 0.4) is 0 Å². The molecular weight excluding hydrogens is 390 g/mol. The average Bonchev–Trinajstić information content (AvgIpc) is 3.38. The summed E-state index contributed by atoms with van der Waals surface area (Å²) in [4.78, 5) is 23.7. The van der Waals surface area contributed by atoms with Crippen molar-refractivity contribution in [2.45, 2.75) is 45.2 Å². The minimum absolute atomic E-state index is 0.178. The van der Waals surface area contributed by atoms with Gasteiger partial charge in [0, 0.05) is 54.0 Å². The van der Waals surface area contributed by atoms with Crippen LogP contribution in [0.4, 0.5) is 0 Å². The number of carbonyl (C=O) groups is 1. The minimum atomic E-state index is 0.178. The lowest BCUT2D eigenvalue weighted by atomic mass is 9.82. The molecule has 2 aromatic rings. The summed E-state index contributed by atoms with van der Waals surface area (Å²) >= 11 is 7.81. The number of amides is 1. The third kappa shape index (κ3) is 3.38. The second-order valence-electron chi connectivity index (χ2n) is 8.57. The van der Waals surface area contributed by atoms with Crippen LogP contribution >= 0.6 is 22.9 Å². The summed E-state index contributed by atoms with van der Waals surface area (Å²) in [5.41, 5.74) is 2.43. The molecule has 2 aliphatic heterocycles. The van der Waals surface area contributed by atoms with E-state index in [-0.39, 0.29) is 5.92 Å². The van der Waals surface area contributed by atoms with E-state index in [1.165, 1.54) is 16.1 Å². The molecule has 6 heteroatoms. The summed E-state index contributed by atoms with van der Waals surface area (Å²) in [6.07, 6.45) is 2.09. The Labute approximate surface area is 175 Å². The van der Waals surface area contributed by atoms with E-state index in [0.29, 0.717) is 23.8 Å². The number of fused-ring (bicyclic) bond motifs is 1. The van der Waals surface area contributed by atoms with Gasteiger partial charge in [-0.1, -0.05) is 23.7 Å². The Bertz CT molecular complexity index is 896. The number of carbonyl (C=O) groups excluding carboxylic acids is 1. The molecule has 28 heavy (non-hydrogen) atoms. The van der Waals surface area contributed by atoms with Crippen molar-refractivity contribution in [1.82, 2.24) is 14.8 Å². The van der Waals surface area contributed by atoms with Crippen molar-refractivity contribution in [2.75, 3.05) is 19.6 Å². The molecular formula is C22H26ClN3OS. The molecule has 1 aliphatic carbocycles. The van der Waals surface area contributed by atoms with Gasteiger partial charge in [0.2, 0.25) is 5.91 Å². The van der Waals surface area contributed by atoms with Crippen LogP contribution in [0.5, 0.6) is 0 Å². The van der Waals surface area contributed by atoms with Crippen molar-refractivity contribution in [3.63, 3.8) is 0 Å². The van der Waals surface area contributed by atoms with Gasteiger partial charge in [-0.2, -0.15) is 0 Å². The van der Waals surface area contributed by atoms with Crippen LogP contribution in [0.25, 0.3) is 0 Å². The summed E-state index contributed by atoms with van der Waals surface area (Å²) in [5.74, 6) is 1.57. The van der Waals surface area contributed by atoms with Gasteiger partial charge < -0.3 is 4.90 Å². The van der Waals surface area contributed by atoms with Crippen molar-refractivity contribution in [3.8, 4) is 0 Å². The molecule has 148 valence electrons. The number of nitrogens with zero attached hydrogens (tertiary/aromatic N) is 3. The van der Waals surface area contributed by atoms with Gasteiger partial charge in [0.15, 0.2) is 0 Å². The van der Waals surface area contributed by atoms with E-state index in [1.807, 2.05) is 23.5 Å². The summed E-state index contributed by atoms with van der Waals surface area (Å²) in [6.45, 7) is 8.17. The largest absolute Gasteiger partial charge is 0.342 e. The number of halogens is 1. The Morgan fingerprint density at radius 2 is 2.04 bits per heavy atom. The number of likely N-dealkylation sites (tertiary alicyclic amines) is 2. The number of aromatic nitrogens is 1. The first-order chi connectivity index (χ1) is 13.5. The molecule has 1 aromatic carbocycles. The highest BCUT2D eigenvalue weighted by atomic mass is 35.5. The van der Waals surface area contributed by atoms with Crippen LogP contribution < -0.4 is 0 Å². The zero-order chi connectivity index (χ0) is 19.4. The second kappa shape index (κ2) is 7.12. The third-order valence-electron chi connectivity index (χ3n) is 6.70. The smallest absolute Gasteiger partial charge is 0.226 e. The van der Waals surface area contributed by atoms with Crippen molar-refractivity contribution in [1.29, 1.82) is 0 Å². The first-order valence-electron chi connectivity index (χ1n) is 10.2. The highest BCUT2D eigenvalue weighted by Gasteiger charge is 2.49. The van der Waals surface area contributed by atoms with Crippen molar-refractivity contribution in [2.24, 2.45) is 11.8 Å². The maximum absolute atomic E-state index is 13.0. The average molecular weight is 416 g/mol. The predicted octanol–water partition coefficient (Wildman–Crippen LogP) is 4.25. The maximum atomic E-state index is 13.0. The van der Waals surface area contributed by atoms with E-state index < -0.39 is 0 Å². The Morgan fingerprint density at radius 3 is 2.71 bits per heavy atom. The van der Waals surface area contributed by atoms with E-state index in [0.717, 1.165) is 49.1 Å². The molecule has 5 rings (SSSR count). The third-order valence-corrected chi connectivity index (χ3v) is 8.01. The molecule has 0 bridgehead atoms. The minimum Gasteiger partial charge on any atom is -0.342 e. The fraction of sp³-hybridized carbons (Fsp3) is 0.545. The van der Waals surface area contributed by atoms with Crippen LogP contribution in [0.15, 0.2) is 24.3 Å². The summed E-state index contributed by atoms with van der Waals surface area (Å²) in [6, 6.07) is 8.63. The predicted molar refractivity (Wildman–Crippen MR) is 113 cm³/mol. The first-order valence-corrected chi connectivity index (χ1v) is 11.4. The number of piperidine rings is 1. The molecule has 3 aliphatic rings. The van der Waals surface area contributed by atoms with Crippen LogP contribution in [-0.4, -0.2) is 46.4 Å². The van der Waals surface area contributed by atoms with Crippen molar-refractivity contribution in [3.05, 3.63) is 50.4 Å². The van der Waals surface area contributed by atoms with Crippen LogP contribution in [0.1, 0.15) is 39.9 Å². The molecule has 2 saturated heterocycles. The lowest BCUT2D eigenvalue weighted by Gasteiger charge is -2.53. The van der Waals surface area contributed by atoms with Gasteiger partial charge in [0.25, 0.3) is 0 Å². The van der Waals surface area contributed by atoms with Gasteiger partial charge >= 0.3 is 0 Å². The van der Waals surface area contributed by atoms with Gasteiger partial charge in [-0.25, -0.2) is 4.98 Å². The Morgan fingerprint density at radius 1 is 1.25 bits per heavy atom. The molecule has 4 nitrogen and oxygen atoms in total. The van der Waals surface area contributed by atoms with Crippen molar-refractivity contribution >= 4 is 28.8 Å². The number of hydrogen-bond acceptors (Lipinski definition) is 4. The van der Waals surface area contributed by atoms with Gasteiger partial charge in [-0.3, -0.25) is 9.69 Å². The lowest BCUT2D eigenvalue weighted by Crippen LogP contribution is -2.63. The van der Waals surface area contributed by atoms with E-state index in [1.54, 1.807) is 0 Å². The maximum Gasteiger partial charge on any atom is 0.226 e. The van der Waals surface area contributed by atoms with E-state index >= 15 is 0 Å². The van der Waals surface area contributed by atoms with Crippen LogP contribution in [0, 0.1) is 25.7 Å². The molecule has 0 N–H and O–H groups in total. The number of hydrogen-bond donors (Lipinski definition) is 0. The number of rotatable bonds is 4. The quantitative estimate of drug-likeness (QED) is 0.748. The van der Waals surface area contributed by atoms with Crippen LogP contribution in [0.2, 0.25) is 5.02 Å². The van der Waals surface area contributed by atoms with Gasteiger partial charge in [-0.05, 0) is 50.3 Å². The molecule has 1 amide bonds. The summed E-state index contributed by atoms with van der Waals surface area (Å²) < 4.78 is 0. The molecule has 0 radical (unpaired) electrons. The molecule has 3 fully saturated rings. The van der Waals surface area contributed by atoms with Gasteiger partial charge in [0.05, 0.1) is 10.7 Å². The monoisotopic (exact) mass is 415 g/mol. The fourth-order valence-corrected chi connectivity index (χ4v) is 6.13. The number of benzene rings is 1. The SMILES string of the molecule is Cc1nc(C)c(CN2CC3CN(C(=O)C4CC4c4ccc(Cl)cc4)CCC32)s1. The second-order valence-corrected chi connectivity index (χ2v) is 10.3. The molecule has 4 atom stereocenters. The molecule has 1 saturated carbocycles. The standard InChI is InChI=1S/C22H26ClN3OS/c1-13-21(28-14(2)24-13)12-26-11-16-10-25(8-7-20(16)26)22(27)19-9-18(19)15-3-5-17(23)6-4-15/h3-6,16,18-20H,7-12H2,1-2H3. The van der Waals surface area contributed by atoms with Crippen LogP contribution in [-0.2, 0) is 11.3 Å². The fourth-order valence-electron chi connectivity index (χ4n) is 5.05. The Balaban J connectivity index is 1.15. The van der Waals surface area contributed by atoms with E-state index in [4.69, 9.17) is 11.6 Å². The van der Waals surface area contributed by atoms with Crippen molar-refractivity contribution < 1.29 is 4.79 Å². The lowest BCUT2D eigenvalue weighted by molar-refractivity contribution is -0.139. The van der Waals surface area contributed by atoms with E-state index in [9.17, 15) is 4.79 Å².